The second kappa shape index (κ2) is 10.4. The van der Waals surface area contributed by atoms with Gasteiger partial charge in [-0.1, -0.05) is 60.1 Å². The van der Waals surface area contributed by atoms with Gasteiger partial charge in [0.05, 0.1) is 13.7 Å². The number of aromatic nitrogens is 3. The third-order valence-electron chi connectivity index (χ3n) is 5.14. The van der Waals surface area contributed by atoms with Gasteiger partial charge in [-0.15, -0.1) is 0 Å². The van der Waals surface area contributed by atoms with Crippen LogP contribution < -0.4 is 10.1 Å². The van der Waals surface area contributed by atoms with Gasteiger partial charge in [0.1, 0.15) is 23.0 Å². The summed E-state index contributed by atoms with van der Waals surface area (Å²) >= 11 is 6.19. The van der Waals surface area contributed by atoms with Crippen molar-refractivity contribution < 1.29 is 9.13 Å². The molecule has 0 radical (unpaired) electrons. The largest absolute Gasteiger partial charge is 0.497 e. The molecule has 0 atom stereocenters. The Morgan fingerprint density at radius 2 is 1.78 bits per heavy atom. The van der Waals surface area contributed by atoms with Crippen LogP contribution in [0.25, 0.3) is 11.3 Å². The Balaban J connectivity index is 1.46. The molecule has 0 saturated carbocycles. The van der Waals surface area contributed by atoms with Crippen LogP contribution in [0.3, 0.4) is 0 Å². The number of hydrogen-bond donors (Lipinski definition) is 1. The van der Waals surface area contributed by atoms with E-state index in [1.807, 2.05) is 42.5 Å². The normalized spacial score (nSPS) is 11.0. The molecule has 4 aromatic rings. The highest BCUT2D eigenvalue weighted by Crippen LogP contribution is 2.22. The maximum atomic E-state index is 13.4. The van der Waals surface area contributed by atoms with E-state index in [2.05, 4.69) is 22.5 Å². The second-order valence-corrected chi connectivity index (χ2v) is 7.81. The molecule has 1 heterocycles. The zero-order valence-corrected chi connectivity index (χ0v) is 18.5. The standard InChI is InChI=1S/C25H24ClFN4O/c1-32-22-11-7-18(8-12-22)13-14-28-16-24-25(19-5-3-2-4-6-19)30-31(29-24)17-20-9-10-21(27)15-23(20)26/h2-12,15,28H,13-14,16-17H2,1H3. The molecule has 3 aromatic carbocycles. The molecular weight excluding hydrogens is 427 g/mol. The predicted octanol–water partition coefficient (Wildman–Crippen LogP) is 5.13. The number of rotatable bonds is 9. The molecule has 4 rings (SSSR count). The number of hydrogen-bond acceptors (Lipinski definition) is 4. The molecule has 0 fully saturated rings. The zero-order chi connectivity index (χ0) is 22.3. The SMILES string of the molecule is COc1ccc(CCNCc2nn(Cc3ccc(F)cc3Cl)nc2-c2ccccc2)cc1. The fraction of sp³-hybridized carbons (Fsp3) is 0.200. The van der Waals surface area contributed by atoms with Crippen molar-refractivity contribution in [3.05, 3.63) is 100 Å². The first-order chi connectivity index (χ1) is 15.6. The number of benzene rings is 3. The highest BCUT2D eigenvalue weighted by atomic mass is 35.5. The Hall–Kier alpha value is -3.22. The second-order valence-electron chi connectivity index (χ2n) is 7.40. The van der Waals surface area contributed by atoms with Gasteiger partial charge in [0.2, 0.25) is 0 Å². The van der Waals surface area contributed by atoms with Gasteiger partial charge in [0, 0.05) is 17.1 Å². The van der Waals surface area contributed by atoms with Crippen LogP contribution >= 0.6 is 11.6 Å². The monoisotopic (exact) mass is 450 g/mol. The van der Waals surface area contributed by atoms with Crippen LogP contribution in [0.15, 0.2) is 72.8 Å². The summed E-state index contributed by atoms with van der Waals surface area (Å²) in [6.07, 6.45) is 0.893. The lowest BCUT2D eigenvalue weighted by Gasteiger charge is -2.06. The van der Waals surface area contributed by atoms with Crippen LogP contribution in [0.4, 0.5) is 4.39 Å². The highest BCUT2D eigenvalue weighted by Gasteiger charge is 2.14. The third kappa shape index (κ3) is 5.52. The lowest BCUT2D eigenvalue weighted by atomic mass is 10.1. The van der Waals surface area contributed by atoms with E-state index < -0.39 is 0 Å². The minimum absolute atomic E-state index is 0.362. The van der Waals surface area contributed by atoms with Gasteiger partial charge in [-0.2, -0.15) is 15.0 Å². The number of nitrogens with zero attached hydrogens (tertiary/aromatic N) is 3. The fourth-order valence-electron chi connectivity index (χ4n) is 3.43. The van der Waals surface area contributed by atoms with Gasteiger partial charge in [0.25, 0.3) is 0 Å². The predicted molar refractivity (Wildman–Crippen MR) is 124 cm³/mol. The number of methoxy groups -OCH3 is 1. The van der Waals surface area contributed by atoms with Crippen molar-refractivity contribution in [2.24, 2.45) is 0 Å². The molecule has 5 nitrogen and oxygen atoms in total. The lowest BCUT2D eigenvalue weighted by Crippen LogP contribution is -2.17. The van der Waals surface area contributed by atoms with E-state index in [9.17, 15) is 4.39 Å². The van der Waals surface area contributed by atoms with E-state index in [1.54, 1.807) is 18.0 Å². The summed E-state index contributed by atoms with van der Waals surface area (Å²) < 4.78 is 18.6. The summed E-state index contributed by atoms with van der Waals surface area (Å²) in [5.41, 5.74) is 4.67. The molecule has 1 aromatic heterocycles. The van der Waals surface area contributed by atoms with Crippen molar-refractivity contribution in [1.82, 2.24) is 20.3 Å². The number of nitrogens with one attached hydrogen (secondary N) is 1. The van der Waals surface area contributed by atoms with Gasteiger partial charge < -0.3 is 10.1 Å². The minimum atomic E-state index is -0.362. The quantitative estimate of drug-likeness (QED) is 0.359. The summed E-state index contributed by atoms with van der Waals surface area (Å²) in [5, 5.41) is 13.2. The smallest absolute Gasteiger partial charge is 0.124 e. The summed E-state index contributed by atoms with van der Waals surface area (Å²) in [5.74, 6) is 0.492. The Labute approximate surface area is 191 Å². The van der Waals surface area contributed by atoms with E-state index in [4.69, 9.17) is 21.4 Å². The fourth-order valence-corrected chi connectivity index (χ4v) is 3.65. The van der Waals surface area contributed by atoms with Gasteiger partial charge in [0.15, 0.2) is 0 Å². The van der Waals surface area contributed by atoms with Crippen molar-refractivity contribution in [1.29, 1.82) is 0 Å². The maximum Gasteiger partial charge on any atom is 0.124 e. The molecule has 0 saturated heterocycles. The van der Waals surface area contributed by atoms with Gasteiger partial charge in [-0.05, 0) is 48.4 Å². The molecule has 0 aliphatic carbocycles. The Kier molecular flexibility index (Phi) is 7.14. The molecule has 7 heteroatoms. The zero-order valence-electron chi connectivity index (χ0n) is 17.8. The first-order valence-electron chi connectivity index (χ1n) is 10.4. The summed E-state index contributed by atoms with van der Waals surface area (Å²) in [7, 11) is 1.66. The topological polar surface area (TPSA) is 52.0 Å². The molecule has 0 bridgehead atoms. The third-order valence-corrected chi connectivity index (χ3v) is 5.49. The summed E-state index contributed by atoms with van der Waals surface area (Å²) in [6, 6.07) is 22.4. The van der Waals surface area contributed by atoms with Crippen molar-refractivity contribution in [3.8, 4) is 17.0 Å². The highest BCUT2D eigenvalue weighted by molar-refractivity contribution is 6.31. The maximum absolute atomic E-state index is 13.4. The van der Waals surface area contributed by atoms with Crippen LogP contribution in [0.5, 0.6) is 5.75 Å². The van der Waals surface area contributed by atoms with E-state index in [-0.39, 0.29) is 5.82 Å². The molecule has 32 heavy (non-hydrogen) atoms. The molecular formula is C25H24ClFN4O. The van der Waals surface area contributed by atoms with Gasteiger partial charge in [-0.25, -0.2) is 4.39 Å². The molecule has 164 valence electrons. The Bertz CT molecular complexity index is 1160. The number of halogens is 2. The molecule has 0 aliphatic heterocycles. The van der Waals surface area contributed by atoms with E-state index in [1.165, 1.54) is 17.7 Å². The average molecular weight is 451 g/mol. The minimum Gasteiger partial charge on any atom is -0.497 e. The van der Waals surface area contributed by atoms with Crippen LogP contribution in [0.2, 0.25) is 5.02 Å². The summed E-state index contributed by atoms with van der Waals surface area (Å²) in [6.45, 7) is 1.75. The average Bonchev–Trinajstić information content (AvgIpc) is 3.22. The molecule has 0 unspecified atom stereocenters. The van der Waals surface area contributed by atoms with Crippen LogP contribution in [0, 0.1) is 5.82 Å². The Morgan fingerprint density at radius 1 is 1.00 bits per heavy atom. The molecule has 0 spiro atoms. The van der Waals surface area contributed by atoms with E-state index in [0.29, 0.717) is 18.1 Å². The van der Waals surface area contributed by atoms with Gasteiger partial charge >= 0.3 is 0 Å². The van der Waals surface area contributed by atoms with Gasteiger partial charge in [-0.3, -0.25) is 0 Å². The van der Waals surface area contributed by atoms with Crippen molar-refractivity contribution in [2.75, 3.05) is 13.7 Å². The first-order valence-corrected chi connectivity index (χ1v) is 10.8. The molecule has 0 amide bonds. The number of ether oxygens (including phenoxy) is 1. The molecule has 1 N–H and O–H groups in total. The van der Waals surface area contributed by atoms with E-state index in [0.717, 1.165) is 41.2 Å². The lowest BCUT2D eigenvalue weighted by molar-refractivity contribution is 0.414. The van der Waals surface area contributed by atoms with Crippen molar-refractivity contribution >= 4 is 11.6 Å². The van der Waals surface area contributed by atoms with Crippen LogP contribution in [-0.2, 0) is 19.5 Å². The van der Waals surface area contributed by atoms with Crippen molar-refractivity contribution in [3.63, 3.8) is 0 Å². The molecule has 0 aliphatic rings. The van der Waals surface area contributed by atoms with Crippen LogP contribution in [0.1, 0.15) is 16.8 Å². The van der Waals surface area contributed by atoms with Crippen molar-refractivity contribution in [2.45, 2.75) is 19.5 Å². The van der Waals surface area contributed by atoms with E-state index >= 15 is 0 Å². The Morgan fingerprint density at radius 3 is 2.50 bits per heavy atom. The van der Waals surface area contributed by atoms with Crippen LogP contribution in [-0.4, -0.2) is 28.6 Å². The summed E-state index contributed by atoms with van der Waals surface area (Å²) in [4.78, 5) is 1.61. The first kappa shape index (κ1) is 22.0.